The van der Waals surface area contributed by atoms with Crippen molar-refractivity contribution in [3.8, 4) is 0 Å². The van der Waals surface area contributed by atoms with E-state index in [1.54, 1.807) is 6.21 Å². The van der Waals surface area contributed by atoms with E-state index >= 15 is 0 Å². The molecule has 10 heavy (non-hydrogen) atoms. The first-order valence-corrected chi connectivity index (χ1v) is 2.99. The maximum atomic E-state index is 10.9. The first-order valence-electron chi connectivity index (χ1n) is 2.99. The Bertz CT molecular complexity index is 222. The summed E-state index contributed by atoms with van der Waals surface area (Å²) in [5, 5.41) is 6.22. The molecule has 5 heteroatoms. The van der Waals surface area contributed by atoms with Crippen molar-refractivity contribution in [3.05, 3.63) is 0 Å². The standard InChI is InChI=1S/C5H6N4O/c10-5-3-1-8-9-4(3)6-2-7-5/h1-4,9H,(H,6,7,10). The number of rotatable bonds is 0. The highest BCUT2D eigenvalue weighted by Gasteiger charge is 2.31. The summed E-state index contributed by atoms with van der Waals surface area (Å²) in [6.07, 6.45) is 2.79. The molecule has 0 saturated heterocycles. The lowest BCUT2D eigenvalue weighted by atomic mass is 10.1. The summed E-state index contributed by atoms with van der Waals surface area (Å²) in [7, 11) is 0. The van der Waals surface area contributed by atoms with E-state index in [-0.39, 0.29) is 18.0 Å². The van der Waals surface area contributed by atoms with Gasteiger partial charge in [0.25, 0.3) is 0 Å². The first-order chi connectivity index (χ1) is 4.88. The van der Waals surface area contributed by atoms with E-state index in [4.69, 9.17) is 0 Å². The van der Waals surface area contributed by atoms with Crippen LogP contribution in [-0.4, -0.2) is 24.6 Å². The van der Waals surface area contributed by atoms with Gasteiger partial charge in [0.1, 0.15) is 5.92 Å². The molecule has 52 valence electrons. The second kappa shape index (κ2) is 1.80. The second-order valence-corrected chi connectivity index (χ2v) is 2.16. The zero-order chi connectivity index (χ0) is 6.97. The van der Waals surface area contributed by atoms with E-state index in [1.807, 2.05) is 0 Å². The maximum absolute atomic E-state index is 10.9. The number of hydrazone groups is 1. The molecule has 0 aromatic carbocycles. The number of amides is 1. The third-order valence-corrected chi connectivity index (χ3v) is 1.53. The van der Waals surface area contributed by atoms with Crippen LogP contribution in [0.3, 0.4) is 0 Å². The van der Waals surface area contributed by atoms with E-state index in [2.05, 4.69) is 20.8 Å². The third-order valence-electron chi connectivity index (χ3n) is 1.53. The van der Waals surface area contributed by atoms with Crippen molar-refractivity contribution in [2.45, 2.75) is 6.17 Å². The van der Waals surface area contributed by atoms with Gasteiger partial charge in [0.15, 0.2) is 6.17 Å². The molecule has 0 bridgehead atoms. The minimum absolute atomic E-state index is 0.0475. The average molecular weight is 138 g/mol. The fourth-order valence-electron chi connectivity index (χ4n) is 0.976. The summed E-state index contributed by atoms with van der Waals surface area (Å²) in [5.74, 6) is -0.265. The molecule has 0 aliphatic carbocycles. The molecule has 5 nitrogen and oxygen atoms in total. The molecular weight excluding hydrogens is 132 g/mol. The molecule has 2 N–H and O–H groups in total. The number of aliphatic imine (C=N–C) groups is 1. The van der Waals surface area contributed by atoms with Gasteiger partial charge >= 0.3 is 0 Å². The fraction of sp³-hybridized carbons (Fsp3) is 0.400. The Labute approximate surface area is 57.2 Å². The number of carbonyl (C=O) groups excluding carboxylic acids is 1. The van der Waals surface area contributed by atoms with Crippen LogP contribution in [0.4, 0.5) is 0 Å². The van der Waals surface area contributed by atoms with Gasteiger partial charge in [0, 0.05) is 6.21 Å². The molecular formula is C5H6N4O. The Morgan fingerprint density at radius 1 is 1.60 bits per heavy atom. The summed E-state index contributed by atoms with van der Waals surface area (Å²) in [5.41, 5.74) is 2.70. The van der Waals surface area contributed by atoms with Crippen molar-refractivity contribution >= 4 is 18.5 Å². The minimum atomic E-state index is -0.218. The van der Waals surface area contributed by atoms with Crippen molar-refractivity contribution < 1.29 is 4.79 Å². The largest absolute Gasteiger partial charge is 0.316 e. The van der Waals surface area contributed by atoms with Crippen molar-refractivity contribution in [2.24, 2.45) is 16.0 Å². The molecule has 2 rings (SSSR count). The highest BCUT2D eigenvalue weighted by Crippen LogP contribution is 2.10. The quantitative estimate of drug-likeness (QED) is 0.436. The zero-order valence-corrected chi connectivity index (χ0v) is 5.11. The lowest BCUT2D eigenvalue weighted by Gasteiger charge is -2.16. The predicted octanol–water partition coefficient (Wildman–Crippen LogP) is -1.32. The van der Waals surface area contributed by atoms with E-state index in [0.717, 1.165) is 0 Å². The van der Waals surface area contributed by atoms with E-state index < -0.39 is 0 Å². The van der Waals surface area contributed by atoms with Crippen LogP contribution in [0.25, 0.3) is 0 Å². The summed E-state index contributed by atoms with van der Waals surface area (Å²) >= 11 is 0. The van der Waals surface area contributed by atoms with Gasteiger partial charge in [-0.2, -0.15) is 5.10 Å². The maximum Gasteiger partial charge on any atom is 0.237 e. The Balaban J connectivity index is 2.28. The van der Waals surface area contributed by atoms with Crippen molar-refractivity contribution in [1.82, 2.24) is 10.7 Å². The lowest BCUT2D eigenvalue weighted by Crippen LogP contribution is -2.43. The van der Waals surface area contributed by atoms with Crippen LogP contribution in [0.1, 0.15) is 0 Å². The van der Waals surface area contributed by atoms with Crippen molar-refractivity contribution in [1.29, 1.82) is 0 Å². The summed E-state index contributed by atoms with van der Waals surface area (Å²) in [4.78, 5) is 14.9. The van der Waals surface area contributed by atoms with Crippen LogP contribution in [-0.2, 0) is 4.79 Å². The Kier molecular flexibility index (Phi) is 0.969. The Morgan fingerprint density at radius 3 is 3.30 bits per heavy atom. The van der Waals surface area contributed by atoms with Gasteiger partial charge in [0.05, 0.1) is 6.34 Å². The molecule has 2 heterocycles. The molecule has 2 aliphatic heterocycles. The van der Waals surface area contributed by atoms with Crippen LogP contribution in [0.2, 0.25) is 0 Å². The monoisotopic (exact) mass is 138 g/mol. The van der Waals surface area contributed by atoms with Crippen LogP contribution in [0.5, 0.6) is 0 Å². The number of nitrogens with one attached hydrogen (secondary N) is 2. The number of hydrogen-bond donors (Lipinski definition) is 2. The predicted molar refractivity (Wildman–Crippen MR) is 35.5 cm³/mol. The van der Waals surface area contributed by atoms with Crippen LogP contribution in [0.15, 0.2) is 10.1 Å². The average Bonchev–Trinajstić information content (AvgIpc) is 2.36. The van der Waals surface area contributed by atoms with Gasteiger partial charge in [-0.25, -0.2) is 4.99 Å². The van der Waals surface area contributed by atoms with Crippen molar-refractivity contribution in [3.63, 3.8) is 0 Å². The van der Waals surface area contributed by atoms with Crippen molar-refractivity contribution in [2.75, 3.05) is 0 Å². The smallest absolute Gasteiger partial charge is 0.237 e. The molecule has 0 radical (unpaired) electrons. The number of hydrogen-bond acceptors (Lipinski definition) is 4. The molecule has 2 aliphatic rings. The fourth-order valence-corrected chi connectivity index (χ4v) is 0.976. The highest BCUT2D eigenvalue weighted by molar-refractivity contribution is 6.01. The van der Waals surface area contributed by atoms with Gasteiger partial charge in [0.2, 0.25) is 5.91 Å². The summed E-state index contributed by atoms with van der Waals surface area (Å²) < 4.78 is 0. The lowest BCUT2D eigenvalue weighted by molar-refractivity contribution is -0.122. The molecule has 0 fully saturated rings. The SMILES string of the molecule is O=C1NC=NC2NN=CC12. The zero-order valence-electron chi connectivity index (χ0n) is 5.11. The van der Waals surface area contributed by atoms with Crippen LogP contribution < -0.4 is 10.7 Å². The van der Waals surface area contributed by atoms with Gasteiger partial charge < -0.3 is 5.32 Å². The number of fused-ring (bicyclic) bond motifs is 1. The highest BCUT2D eigenvalue weighted by atomic mass is 16.2. The third kappa shape index (κ3) is 0.601. The molecule has 0 aromatic heterocycles. The summed E-state index contributed by atoms with van der Waals surface area (Å²) in [6, 6.07) is 0. The molecule has 2 unspecified atom stereocenters. The topological polar surface area (TPSA) is 65.8 Å². The second-order valence-electron chi connectivity index (χ2n) is 2.16. The van der Waals surface area contributed by atoms with E-state index in [0.29, 0.717) is 0 Å². The van der Waals surface area contributed by atoms with Gasteiger partial charge in [-0.05, 0) is 0 Å². The van der Waals surface area contributed by atoms with Gasteiger partial charge in [-0.1, -0.05) is 0 Å². The molecule has 2 atom stereocenters. The van der Waals surface area contributed by atoms with Crippen LogP contribution >= 0.6 is 0 Å². The number of nitrogens with zero attached hydrogens (tertiary/aromatic N) is 2. The normalized spacial score (nSPS) is 35.0. The van der Waals surface area contributed by atoms with Gasteiger partial charge in [-0.3, -0.25) is 10.2 Å². The Hall–Kier alpha value is -1.39. The number of carbonyl (C=O) groups is 1. The molecule has 1 amide bonds. The van der Waals surface area contributed by atoms with Crippen LogP contribution in [0, 0.1) is 5.92 Å². The minimum Gasteiger partial charge on any atom is -0.316 e. The van der Waals surface area contributed by atoms with Gasteiger partial charge in [-0.15, -0.1) is 0 Å². The molecule has 0 aromatic rings. The van der Waals surface area contributed by atoms with E-state index in [1.165, 1.54) is 6.34 Å². The van der Waals surface area contributed by atoms with E-state index in [9.17, 15) is 4.79 Å². The molecule has 0 spiro atoms. The molecule has 0 saturated carbocycles. The Morgan fingerprint density at radius 2 is 2.50 bits per heavy atom. The summed E-state index contributed by atoms with van der Waals surface area (Å²) in [6.45, 7) is 0. The first kappa shape index (κ1) is 5.40.